The summed E-state index contributed by atoms with van der Waals surface area (Å²) >= 11 is 0. The number of halogens is 2. The van der Waals surface area contributed by atoms with Gasteiger partial charge in [0.05, 0.1) is 5.69 Å². The summed E-state index contributed by atoms with van der Waals surface area (Å²) in [6, 6.07) is 5.21. The Morgan fingerprint density at radius 2 is 1.78 bits per heavy atom. The molecular formula is C16H19F2N5. The third-order valence-corrected chi connectivity index (χ3v) is 3.85. The van der Waals surface area contributed by atoms with E-state index in [0.717, 1.165) is 38.1 Å². The summed E-state index contributed by atoms with van der Waals surface area (Å²) in [5.74, 6) is 0.659. The van der Waals surface area contributed by atoms with E-state index in [1.54, 1.807) is 13.0 Å². The number of aromatic nitrogens is 2. The van der Waals surface area contributed by atoms with Crippen LogP contribution in [0.4, 0.5) is 26.1 Å². The number of piperazine rings is 1. The van der Waals surface area contributed by atoms with Crippen molar-refractivity contribution < 1.29 is 8.78 Å². The molecule has 5 nitrogen and oxygen atoms in total. The van der Waals surface area contributed by atoms with Crippen LogP contribution in [0.5, 0.6) is 0 Å². The molecule has 0 bridgehead atoms. The third kappa shape index (κ3) is 3.73. The van der Waals surface area contributed by atoms with Gasteiger partial charge in [0, 0.05) is 38.3 Å². The Bertz CT molecular complexity index is 699. The summed E-state index contributed by atoms with van der Waals surface area (Å²) in [7, 11) is 2.09. The van der Waals surface area contributed by atoms with Crippen molar-refractivity contribution in [3.8, 4) is 0 Å². The fourth-order valence-corrected chi connectivity index (χ4v) is 2.54. The number of hydrogen-bond donors (Lipinski definition) is 1. The van der Waals surface area contributed by atoms with E-state index in [1.165, 1.54) is 12.1 Å². The number of benzene rings is 1. The fourth-order valence-electron chi connectivity index (χ4n) is 2.54. The van der Waals surface area contributed by atoms with E-state index >= 15 is 0 Å². The average Bonchev–Trinajstić information content (AvgIpc) is 2.50. The van der Waals surface area contributed by atoms with Crippen LogP contribution < -0.4 is 10.2 Å². The molecule has 1 N–H and O–H groups in total. The highest BCUT2D eigenvalue weighted by molar-refractivity contribution is 5.60. The molecule has 2 aromatic rings. The summed E-state index contributed by atoms with van der Waals surface area (Å²) in [4.78, 5) is 13.2. The molecule has 23 heavy (non-hydrogen) atoms. The molecule has 1 saturated heterocycles. The van der Waals surface area contributed by atoms with E-state index < -0.39 is 11.6 Å². The van der Waals surface area contributed by atoms with Crippen LogP contribution in [0.3, 0.4) is 0 Å². The largest absolute Gasteiger partial charge is 0.354 e. The Morgan fingerprint density at radius 3 is 2.48 bits per heavy atom. The first-order chi connectivity index (χ1) is 11.0. The van der Waals surface area contributed by atoms with Gasteiger partial charge in [-0.2, -0.15) is 0 Å². The number of nitrogens with zero attached hydrogens (tertiary/aromatic N) is 4. The molecule has 122 valence electrons. The molecule has 3 rings (SSSR count). The normalized spacial score (nSPS) is 15.7. The summed E-state index contributed by atoms with van der Waals surface area (Å²) in [5, 5.41) is 2.90. The molecule has 1 aliphatic rings. The Balaban J connectivity index is 1.82. The average molecular weight is 319 g/mol. The minimum Gasteiger partial charge on any atom is -0.354 e. The number of likely N-dealkylation sites (N-methyl/N-ethyl adjacent to an activating group) is 1. The quantitative estimate of drug-likeness (QED) is 0.942. The Hall–Kier alpha value is -2.28. The van der Waals surface area contributed by atoms with E-state index in [1.807, 2.05) is 0 Å². The van der Waals surface area contributed by atoms with Gasteiger partial charge in [-0.1, -0.05) is 0 Å². The van der Waals surface area contributed by atoms with Crippen molar-refractivity contribution in [3.63, 3.8) is 0 Å². The zero-order valence-electron chi connectivity index (χ0n) is 13.2. The van der Waals surface area contributed by atoms with Gasteiger partial charge in [0.25, 0.3) is 0 Å². The smallest absolute Gasteiger partial charge is 0.149 e. The number of nitrogens with one attached hydrogen (secondary N) is 1. The van der Waals surface area contributed by atoms with E-state index in [2.05, 4.69) is 32.1 Å². The lowest BCUT2D eigenvalue weighted by Crippen LogP contribution is -2.44. The fraction of sp³-hybridized carbons (Fsp3) is 0.375. The third-order valence-electron chi connectivity index (χ3n) is 3.85. The zero-order chi connectivity index (χ0) is 16.4. The van der Waals surface area contributed by atoms with Crippen molar-refractivity contribution in [2.24, 2.45) is 0 Å². The van der Waals surface area contributed by atoms with Gasteiger partial charge in [0.15, 0.2) is 0 Å². The van der Waals surface area contributed by atoms with Gasteiger partial charge in [-0.25, -0.2) is 18.7 Å². The topological polar surface area (TPSA) is 44.3 Å². The Kier molecular flexibility index (Phi) is 4.38. The molecule has 0 spiro atoms. The molecule has 0 aliphatic carbocycles. The van der Waals surface area contributed by atoms with Gasteiger partial charge in [0.2, 0.25) is 0 Å². The Labute approximate surface area is 134 Å². The summed E-state index contributed by atoms with van der Waals surface area (Å²) in [6.45, 7) is 5.51. The number of rotatable bonds is 3. The van der Waals surface area contributed by atoms with E-state index in [4.69, 9.17) is 0 Å². The highest BCUT2D eigenvalue weighted by atomic mass is 19.1. The maximum Gasteiger partial charge on any atom is 0.149 e. The van der Waals surface area contributed by atoms with Crippen LogP contribution in [0.25, 0.3) is 0 Å². The minimum atomic E-state index is -0.651. The molecule has 0 atom stereocenters. The monoisotopic (exact) mass is 319 g/mol. The van der Waals surface area contributed by atoms with Crippen molar-refractivity contribution in [2.75, 3.05) is 43.4 Å². The second kappa shape index (κ2) is 6.45. The molecule has 1 aromatic heterocycles. The second-order valence-electron chi connectivity index (χ2n) is 5.70. The second-order valence-corrected chi connectivity index (χ2v) is 5.70. The summed E-state index contributed by atoms with van der Waals surface area (Å²) in [6.07, 6.45) is 0. The maximum absolute atomic E-state index is 13.8. The van der Waals surface area contributed by atoms with Crippen LogP contribution in [0.15, 0.2) is 24.3 Å². The summed E-state index contributed by atoms with van der Waals surface area (Å²) in [5.41, 5.74) is 0.189. The lowest BCUT2D eigenvalue weighted by Gasteiger charge is -2.33. The molecule has 1 fully saturated rings. The first-order valence-electron chi connectivity index (χ1n) is 7.52. The first kappa shape index (κ1) is 15.6. The van der Waals surface area contributed by atoms with Gasteiger partial charge in [-0.3, -0.25) is 0 Å². The molecule has 0 unspecified atom stereocenters. The lowest BCUT2D eigenvalue weighted by molar-refractivity contribution is 0.312. The Morgan fingerprint density at radius 1 is 1.04 bits per heavy atom. The SMILES string of the molecule is Cc1nc(Nc2ccc(F)cc2F)cc(N2CCN(C)CC2)n1. The molecule has 1 aromatic carbocycles. The van der Waals surface area contributed by atoms with Crippen LogP contribution in [0.2, 0.25) is 0 Å². The molecule has 0 saturated carbocycles. The zero-order valence-corrected chi connectivity index (χ0v) is 13.2. The van der Waals surface area contributed by atoms with Crippen LogP contribution in [0, 0.1) is 18.6 Å². The van der Waals surface area contributed by atoms with Crippen LogP contribution in [0.1, 0.15) is 5.82 Å². The minimum absolute atomic E-state index is 0.189. The van der Waals surface area contributed by atoms with Crippen molar-refractivity contribution in [3.05, 3.63) is 41.7 Å². The molecule has 0 amide bonds. The van der Waals surface area contributed by atoms with Crippen LogP contribution in [-0.4, -0.2) is 48.1 Å². The van der Waals surface area contributed by atoms with Crippen molar-refractivity contribution >= 4 is 17.3 Å². The number of hydrogen-bond acceptors (Lipinski definition) is 5. The molecule has 1 aliphatic heterocycles. The lowest BCUT2D eigenvalue weighted by atomic mass is 10.3. The van der Waals surface area contributed by atoms with E-state index in [0.29, 0.717) is 11.6 Å². The first-order valence-corrected chi connectivity index (χ1v) is 7.52. The van der Waals surface area contributed by atoms with Gasteiger partial charge >= 0.3 is 0 Å². The molecule has 2 heterocycles. The van der Waals surface area contributed by atoms with Crippen molar-refractivity contribution in [1.82, 2.24) is 14.9 Å². The van der Waals surface area contributed by atoms with Gasteiger partial charge < -0.3 is 15.1 Å². The number of anilines is 3. The van der Waals surface area contributed by atoms with Crippen molar-refractivity contribution in [2.45, 2.75) is 6.92 Å². The molecular weight excluding hydrogens is 300 g/mol. The van der Waals surface area contributed by atoms with Crippen molar-refractivity contribution in [1.29, 1.82) is 0 Å². The predicted molar refractivity (Wildman–Crippen MR) is 86.1 cm³/mol. The van der Waals surface area contributed by atoms with Crippen LogP contribution in [-0.2, 0) is 0 Å². The number of aryl methyl sites for hydroxylation is 1. The van der Waals surface area contributed by atoms with Gasteiger partial charge in [0.1, 0.15) is 29.1 Å². The van der Waals surface area contributed by atoms with E-state index in [9.17, 15) is 8.78 Å². The maximum atomic E-state index is 13.8. The molecule has 0 radical (unpaired) electrons. The van der Waals surface area contributed by atoms with Gasteiger partial charge in [-0.15, -0.1) is 0 Å². The van der Waals surface area contributed by atoms with E-state index in [-0.39, 0.29) is 5.69 Å². The van der Waals surface area contributed by atoms with Crippen LogP contribution >= 0.6 is 0 Å². The highest BCUT2D eigenvalue weighted by Crippen LogP contribution is 2.23. The highest BCUT2D eigenvalue weighted by Gasteiger charge is 2.17. The summed E-state index contributed by atoms with van der Waals surface area (Å²) < 4.78 is 26.8. The predicted octanol–water partition coefficient (Wildman–Crippen LogP) is 2.56. The molecule has 7 heteroatoms. The standard InChI is InChI=1S/C16H19F2N5/c1-11-19-15(21-14-4-3-12(17)9-13(14)18)10-16(20-11)23-7-5-22(2)6-8-23/h3-4,9-10H,5-8H2,1-2H3,(H,19,20,21). The van der Waals surface area contributed by atoms with Gasteiger partial charge in [-0.05, 0) is 26.1 Å².